The van der Waals surface area contributed by atoms with Gasteiger partial charge in [-0.15, -0.1) is 11.3 Å². The van der Waals surface area contributed by atoms with Crippen LogP contribution in [0.15, 0.2) is 18.2 Å². The number of rotatable bonds is 2. The molecule has 2 heterocycles. The zero-order chi connectivity index (χ0) is 13.2. The number of thiazole rings is 1. The fraction of sp³-hybridized carbons (Fsp3) is 0.385. The molecule has 3 rings (SSSR count). The maximum absolute atomic E-state index is 12.3. The molecular formula is C13H14N2O3S. The van der Waals surface area contributed by atoms with E-state index >= 15 is 0 Å². The number of ether oxygens (including phenoxy) is 2. The lowest BCUT2D eigenvalue weighted by atomic mass is 10.3. The summed E-state index contributed by atoms with van der Waals surface area (Å²) in [6.45, 7) is 2.48. The third-order valence-corrected chi connectivity index (χ3v) is 4.08. The van der Waals surface area contributed by atoms with E-state index in [9.17, 15) is 4.79 Å². The molecule has 0 N–H and O–H groups in total. The van der Waals surface area contributed by atoms with Crippen molar-refractivity contribution in [1.82, 2.24) is 9.88 Å². The zero-order valence-electron chi connectivity index (χ0n) is 10.6. The van der Waals surface area contributed by atoms with E-state index < -0.39 is 0 Å². The van der Waals surface area contributed by atoms with Gasteiger partial charge >= 0.3 is 0 Å². The Morgan fingerprint density at radius 2 is 2.21 bits per heavy atom. The molecule has 1 aliphatic rings. The van der Waals surface area contributed by atoms with E-state index in [1.165, 1.54) is 11.3 Å². The van der Waals surface area contributed by atoms with Gasteiger partial charge in [-0.3, -0.25) is 4.79 Å². The highest BCUT2D eigenvalue weighted by Crippen LogP contribution is 2.27. The number of amides is 1. The van der Waals surface area contributed by atoms with Gasteiger partial charge in [0, 0.05) is 13.1 Å². The van der Waals surface area contributed by atoms with Gasteiger partial charge in [0.05, 0.1) is 30.5 Å². The van der Waals surface area contributed by atoms with Crippen LogP contribution in [0.1, 0.15) is 9.80 Å². The molecule has 0 bridgehead atoms. The van der Waals surface area contributed by atoms with Crippen molar-refractivity contribution in [3.05, 3.63) is 23.2 Å². The van der Waals surface area contributed by atoms with E-state index in [4.69, 9.17) is 9.47 Å². The molecule has 1 aromatic heterocycles. The first-order valence-electron chi connectivity index (χ1n) is 6.09. The second-order valence-corrected chi connectivity index (χ2v) is 5.29. The third kappa shape index (κ3) is 2.41. The summed E-state index contributed by atoms with van der Waals surface area (Å²) in [6, 6.07) is 5.63. The first kappa shape index (κ1) is 12.4. The Labute approximate surface area is 114 Å². The molecule has 0 aliphatic carbocycles. The van der Waals surface area contributed by atoms with Gasteiger partial charge in [-0.2, -0.15) is 0 Å². The number of hydrogen-bond donors (Lipinski definition) is 0. The number of benzene rings is 1. The molecule has 0 radical (unpaired) electrons. The van der Waals surface area contributed by atoms with Gasteiger partial charge < -0.3 is 14.4 Å². The van der Waals surface area contributed by atoms with Crippen LogP contribution in [-0.4, -0.2) is 49.2 Å². The highest BCUT2D eigenvalue weighted by atomic mass is 32.1. The van der Waals surface area contributed by atoms with Crippen LogP contribution in [0.4, 0.5) is 0 Å². The van der Waals surface area contributed by atoms with Crippen molar-refractivity contribution in [3.8, 4) is 5.75 Å². The molecular weight excluding hydrogens is 264 g/mol. The van der Waals surface area contributed by atoms with Crippen LogP contribution in [0.2, 0.25) is 0 Å². The van der Waals surface area contributed by atoms with E-state index in [-0.39, 0.29) is 5.91 Å². The van der Waals surface area contributed by atoms with Crippen molar-refractivity contribution in [2.24, 2.45) is 0 Å². The van der Waals surface area contributed by atoms with Gasteiger partial charge in [0.25, 0.3) is 5.91 Å². The third-order valence-electron chi connectivity index (χ3n) is 3.08. The van der Waals surface area contributed by atoms with Crippen LogP contribution in [0.25, 0.3) is 10.2 Å². The lowest BCUT2D eigenvalue weighted by Gasteiger charge is -2.25. The maximum Gasteiger partial charge on any atom is 0.283 e. The van der Waals surface area contributed by atoms with Gasteiger partial charge in [-0.25, -0.2) is 4.98 Å². The molecule has 1 fully saturated rings. The standard InChI is InChI=1S/C13H14N2O3S/c1-17-9-2-3-10-11(8-9)19-12(14-10)13(16)15-4-6-18-7-5-15/h2-3,8H,4-7H2,1H3. The Morgan fingerprint density at radius 3 is 2.95 bits per heavy atom. The second kappa shape index (κ2) is 5.14. The van der Waals surface area contributed by atoms with Gasteiger partial charge in [0.15, 0.2) is 5.01 Å². The van der Waals surface area contributed by atoms with Gasteiger partial charge in [-0.05, 0) is 18.2 Å². The predicted octanol–water partition coefficient (Wildman–Crippen LogP) is 1.78. The van der Waals surface area contributed by atoms with E-state index in [1.807, 2.05) is 18.2 Å². The Balaban J connectivity index is 1.89. The van der Waals surface area contributed by atoms with Crippen molar-refractivity contribution in [3.63, 3.8) is 0 Å². The molecule has 19 heavy (non-hydrogen) atoms. The molecule has 100 valence electrons. The van der Waals surface area contributed by atoms with Crippen LogP contribution in [-0.2, 0) is 4.74 Å². The molecule has 1 aromatic carbocycles. The van der Waals surface area contributed by atoms with E-state index in [1.54, 1.807) is 12.0 Å². The van der Waals surface area contributed by atoms with Crippen LogP contribution < -0.4 is 4.74 Å². The zero-order valence-corrected chi connectivity index (χ0v) is 11.4. The van der Waals surface area contributed by atoms with Crippen molar-refractivity contribution < 1.29 is 14.3 Å². The minimum atomic E-state index is -0.0107. The summed E-state index contributed by atoms with van der Waals surface area (Å²) in [6.07, 6.45) is 0. The molecule has 1 amide bonds. The van der Waals surface area contributed by atoms with Crippen molar-refractivity contribution >= 4 is 27.5 Å². The molecule has 2 aromatic rings. The summed E-state index contributed by atoms with van der Waals surface area (Å²) >= 11 is 1.41. The molecule has 0 atom stereocenters. The number of hydrogen-bond acceptors (Lipinski definition) is 5. The summed E-state index contributed by atoms with van der Waals surface area (Å²) in [5, 5.41) is 0.533. The SMILES string of the molecule is COc1ccc2nc(C(=O)N3CCOCC3)sc2c1. The van der Waals surface area contributed by atoms with Crippen molar-refractivity contribution in [1.29, 1.82) is 0 Å². The van der Waals surface area contributed by atoms with E-state index in [0.29, 0.717) is 31.3 Å². The summed E-state index contributed by atoms with van der Waals surface area (Å²) < 4.78 is 11.4. The van der Waals surface area contributed by atoms with Gasteiger partial charge in [-0.1, -0.05) is 0 Å². The number of fused-ring (bicyclic) bond motifs is 1. The summed E-state index contributed by atoms with van der Waals surface area (Å²) in [4.78, 5) is 18.5. The van der Waals surface area contributed by atoms with Crippen LogP contribution in [0.5, 0.6) is 5.75 Å². The number of aromatic nitrogens is 1. The number of nitrogens with zero attached hydrogens (tertiary/aromatic N) is 2. The normalized spacial score (nSPS) is 15.7. The molecule has 0 spiro atoms. The monoisotopic (exact) mass is 278 g/mol. The Morgan fingerprint density at radius 1 is 1.42 bits per heavy atom. The number of carbonyl (C=O) groups excluding carboxylic acids is 1. The average molecular weight is 278 g/mol. The first-order valence-corrected chi connectivity index (χ1v) is 6.91. The van der Waals surface area contributed by atoms with Crippen LogP contribution in [0.3, 0.4) is 0 Å². The summed E-state index contributed by atoms with van der Waals surface area (Å²) in [7, 11) is 1.63. The van der Waals surface area contributed by atoms with Crippen molar-refractivity contribution in [2.75, 3.05) is 33.4 Å². The first-order chi connectivity index (χ1) is 9.28. The van der Waals surface area contributed by atoms with Crippen molar-refractivity contribution in [2.45, 2.75) is 0 Å². The molecule has 6 heteroatoms. The minimum Gasteiger partial charge on any atom is -0.497 e. The Kier molecular flexibility index (Phi) is 3.35. The largest absolute Gasteiger partial charge is 0.497 e. The lowest BCUT2D eigenvalue weighted by Crippen LogP contribution is -2.40. The highest BCUT2D eigenvalue weighted by molar-refractivity contribution is 7.20. The average Bonchev–Trinajstić information content (AvgIpc) is 2.90. The fourth-order valence-electron chi connectivity index (χ4n) is 2.03. The summed E-state index contributed by atoms with van der Waals surface area (Å²) in [5.41, 5.74) is 0.836. The Hall–Kier alpha value is -1.66. The molecule has 1 saturated heterocycles. The quantitative estimate of drug-likeness (QED) is 0.840. The summed E-state index contributed by atoms with van der Waals surface area (Å²) in [5.74, 6) is 0.769. The maximum atomic E-state index is 12.3. The fourth-order valence-corrected chi connectivity index (χ4v) is 2.99. The topological polar surface area (TPSA) is 51.7 Å². The van der Waals surface area contributed by atoms with Gasteiger partial charge in [0.1, 0.15) is 5.75 Å². The minimum absolute atomic E-state index is 0.0107. The predicted molar refractivity (Wildman–Crippen MR) is 72.9 cm³/mol. The molecule has 1 aliphatic heterocycles. The van der Waals surface area contributed by atoms with Gasteiger partial charge in [0.2, 0.25) is 0 Å². The number of carbonyl (C=O) groups is 1. The number of methoxy groups -OCH3 is 1. The molecule has 0 unspecified atom stereocenters. The highest BCUT2D eigenvalue weighted by Gasteiger charge is 2.21. The second-order valence-electron chi connectivity index (χ2n) is 4.26. The van der Waals surface area contributed by atoms with Crippen LogP contribution >= 0.6 is 11.3 Å². The lowest BCUT2D eigenvalue weighted by molar-refractivity contribution is 0.0303. The smallest absolute Gasteiger partial charge is 0.283 e. The van der Waals surface area contributed by atoms with Crippen LogP contribution in [0, 0.1) is 0 Å². The number of morpholine rings is 1. The Bertz CT molecular complexity index is 605. The van der Waals surface area contributed by atoms with E-state index in [0.717, 1.165) is 16.0 Å². The molecule has 0 saturated carbocycles. The van der Waals surface area contributed by atoms with E-state index in [2.05, 4.69) is 4.98 Å². The molecule has 5 nitrogen and oxygen atoms in total.